The maximum absolute atomic E-state index is 6.13. The number of hydrazone groups is 1. The smallest absolute Gasteiger partial charge is 0.0717 e. The minimum atomic E-state index is 0.629. The predicted octanol–water partition coefficient (Wildman–Crippen LogP) is 2.18. The van der Waals surface area contributed by atoms with Crippen LogP contribution in [0.3, 0.4) is 0 Å². The largest absolute Gasteiger partial charge is 0.323 e. The molecule has 0 aliphatic rings. The van der Waals surface area contributed by atoms with Crippen LogP contribution in [0.5, 0.6) is 0 Å². The Morgan fingerprint density at radius 2 is 2.14 bits per heavy atom. The molecular weight excluding hydrogens is 198 g/mol. The second kappa shape index (κ2) is 3.64. The molecule has 0 aliphatic heterocycles. The van der Waals surface area contributed by atoms with Crippen LogP contribution in [0.4, 0.5) is 0 Å². The molecule has 70 valence electrons. The number of pyridine rings is 1. The van der Waals surface area contributed by atoms with Gasteiger partial charge in [0.1, 0.15) is 0 Å². The third kappa shape index (κ3) is 1.42. The Labute approximate surface area is 86.2 Å². The molecule has 0 saturated carbocycles. The first-order valence-corrected chi connectivity index (χ1v) is 4.47. The maximum atomic E-state index is 6.13. The molecule has 0 amide bonds. The summed E-state index contributed by atoms with van der Waals surface area (Å²) in [4.78, 5) is 4.23. The van der Waals surface area contributed by atoms with Crippen molar-refractivity contribution in [3.05, 3.63) is 41.0 Å². The fourth-order valence-corrected chi connectivity index (χ4v) is 1.55. The topological polar surface area (TPSA) is 51.3 Å². The zero-order chi connectivity index (χ0) is 9.97. The molecule has 0 fully saturated rings. The maximum Gasteiger partial charge on any atom is 0.0717 e. The zero-order valence-corrected chi connectivity index (χ0v) is 8.07. The molecule has 1 aromatic heterocycles. The van der Waals surface area contributed by atoms with E-state index < -0.39 is 0 Å². The van der Waals surface area contributed by atoms with Crippen LogP contribution in [0.1, 0.15) is 5.56 Å². The van der Waals surface area contributed by atoms with Gasteiger partial charge in [-0.05, 0) is 6.07 Å². The van der Waals surface area contributed by atoms with Crippen molar-refractivity contribution in [2.75, 3.05) is 0 Å². The summed E-state index contributed by atoms with van der Waals surface area (Å²) in [6.45, 7) is 0. The molecule has 0 unspecified atom stereocenters. The monoisotopic (exact) mass is 205 g/mol. The summed E-state index contributed by atoms with van der Waals surface area (Å²) >= 11 is 6.13. The Balaban J connectivity index is 2.75. The molecule has 0 radical (unpaired) electrons. The van der Waals surface area contributed by atoms with Gasteiger partial charge < -0.3 is 5.84 Å². The lowest BCUT2D eigenvalue weighted by atomic mass is 10.2. The third-order valence-corrected chi connectivity index (χ3v) is 2.37. The number of nitrogens with two attached hydrogens (primary N) is 1. The molecule has 0 atom stereocenters. The molecule has 2 rings (SSSR count). The van der Waals surface area contributed by atoms with Crippen molar-refractivity contribution in [3.63, 3.8) is 0 Å². The minimum absolute atomic E-state index is 0.629. The van der Waals surface area contributed by atoms with Crippen LogP contribution < -0.4 is 5.84 Å². The van der Waals surface area contributed by atoms with Gasteiger partial charge in [-0.1, -0.05) is 29.8 Å². The SMILES string of the molecule is N/N=C/c1cnc2ccccc2c1Cl. The second-order valence-corrected chi connectivity index (χ2v) is 3.20. The van der Waals surface area contributed by atoms with Crippen LogP contribution in [0, 0.1) is 0 Å². The van der Waals surface area contributed by atoms with E-state index in [0.29, 0.717) is 5.02 Å². The summed E-state index contributed by atoms with van der Waals surface area (Å²) in [5.74, 6) is 5.06. The third-order valence-electron chi connectivity index (χ3n) is 1.95. The lowest BCUT2D eigenvalue weighted by Crippen LogP contribution is -1.90. The van der Waals surface area contributed by atoms with Gasteiger partial charge in [0.05, 0.1) is 16.8 Å². The van der Waals surface area contributed by atoms with Gasteiger partial charge in [-0.2, -0.15) is 5.10 Å². The number of fused-ring (bicyclic) bond motifs is 1. The van der Waals surface area contributed by atoms with Crippen LogP contribution in [0.15, 0.2) is 35.6 Å². The molecule has 2 aromatic rings. The van der Waals surface area contributed by atoms with Gasteiger partial charge in [0.25, 0.3) is 0 Å². The van der Waals surface area contributed by atoms with Crippen molar-refractivity contribution in [3.8, 4) is 0 Å². The molecule has 0 aliphatic carbocycles. The van der Waals surface area contributed by atoms with Crippen molar-refractivity contribution >= 4 is 28.7 Å². The lowest BCUT2D eigenvalue weighted by Gasteiger charge is -2.01. The molecule has 4 heteroatoms. The quantitative estimate of drug-likeness (QED) is 0.441. The summed E-state index contributed by atoms with van der Waals surface area (Å²) < 4.78 is 0. The molecule has 1 aromatic carbocycles. The van der Waals surface area contributed by atoms with Gasteiger partial charge in [0, 0.05) is 17.1 Å². The highest BCUT2D eigenvalue weighted by atomic mass is 35.5. The van der Waals surface area contributed by atoms with Gasteiger partial charge in [-0.25, -0.2) is 0 Å². The van der Waals surface area contributed by atoms with E-state index >= 15 is 0 Å². The Morgan fingerprint density at radius 1 is 1.36 bits per heavy atom. The lowest BCUT2D eigenvalue weighted by molar-refractivity contribution is 1.26. The van der Waals surface area contributed by atoms with Gasteiger partial charge in [0.15, 0.2) is 0 Å². The van der Waals surface area contributed by atoms with E-state index in [1.54, 1.807) is 6.20 Å². The van der Waals surface area contributed by atoms with Crippen molar-refractivity contribution < 1.29 is 0 Å². The fraction of sp³-hybridized carbons (Fsp3) is 0. The highest BCUT2D eigenvalue weighted by Gasteiger charge is 2.03. The number of rotatable bonds is 1. The van der Waals surface area contributed by atoms with Crippen molar-refractivity contribution in [1.82, 2.24) is 4.98 Å². The van der Waals surface area contributed by atoms with Crippen molar-refractivity contribution in [2.45, 2.75) is 0 Å². The standard InChI is InChI=1S/C10H8ClN3/c11-10-7(6-14-12)5-13-9-4-2-1-3-8(9)10/h1-6H,12H2/b14-6+. The summed E-state index contributed by atoms with van der Waals surface area (Å²) in [7, 11) is 0. The first-order chi connectivity index (χ1) is 6.83. The fourth-order valence-electron chi connectivity index (χ4n) is 1.29. The van der Waals surface area contributed by atoms with Gasteiger partial charge in [-0.15, -0.1) is 0 Å². The van der Waals surface area contributed by atoms with E-state index in [-0.39, 0.29) is 0 Å². The van der Waals surface area contributed by atoms with Gasteiger partial charge >= 0.3 is 0 Å². The molecular formula is C10H8ClN3. The number of halogens is 1. The van der Waals surface area contributed by atoms with Crippen LogP contribution >= 0.6 is 11.6 Å². The average Bonchev–Trinajstić information content (AvgIpc) is 2.23. The molecule has 0 saturated heterocycles. The van der Waals surface area contributed by atoms with Crippen LogP contribution in [-0.4, -0.2) is 11.2 Å². The highest BCUT2D eigenvalue weighted by molar-refractivity contribution is 6.37. The number of para-hydroxylation sites is 1. The Kier molecular flexibility index (Phi) is 2.33. The first kappa shape index (κ1) is 8.97. The van der Waals surface area contributed by atoms with E-state index in [1.807, 2.05) is 24.3 Å². The predicted molar refractivity (Wildman–Crippen MR) is 58.5 cm³/mol. The van der Waals surface area contributed by atoms with Gasteiger partial charge in [0.2, 0.25) is 0 Å². The number of benzene rings is 1. The van der Waals surface area contributed by atoms with Crippen molar-refractivity contribution in [1.29, 1.82) is 0 Å². The summed E-state index contributed by atoms with van der Waals surface area (Å²) in [6, 6.07) is 7.66. The normalized spacial score (nSPS) is 11.2. The summed E-state index contributed by atoms with van der Waals surface area (Å²) in [6.07, 6.45) is 3.14. The summed E-state index contributed by atoms with van der Waals surface area (Å²) in [5, 5.41) is 4.96. The van der Waals surface area contributed by atoms with E-state index in [9.17, 15) is 0 Å². The molecule has 3 nitrogen and oxygen atoms in total. The summed E-state index contributed by atoms with van der Waals surface area (Å²) in [5.41, 5.74) is 1.60. The molecule has 0 bridgehead atoms. The van der Waals surface area contributed by atoms with Crippen LogP contribution in [0.25, 0.3) is 10.9 Å². The highest BCUT2D eigenvalue weighted by Crippen LogP contribution is 2.23. The zero-order valence-electron chi connectivity index (χ0n) is 7.31. The minimum Gasteiger partial charge on any atom is -0.323 e. The molecule has 0 spiro atoms. The number of hydrogen-bond donors (Lipinski definition) is 1. The average molecular weight is 206 g/mol. The molecule has 1 heterocycles. The van der Waals surface area contributed by atoms with Crippen LogP contribution in [-0.2, 0) is 0 Å². The second-order valence-electron chi connectivity index (χ2n) is 2.82. The molecule has 2 N–H and O–H groups in total. The Bertz CT molecular complexity index is 494. The number of hydrogen-bond acceptors (Lipinski definition) is 3. The van der Waals surface area contributed by atoms with Crippen LogP contribution in [0.2, 0.25) is 5.02 Å². The van der Waals surface area contributed by atoms with E-state index in [4.69, 9.17) is 17.4 Å². The molecule has 14 heavy (non-hydrogen) atoms. The number of aromatic nitrogens is 1. The van der Waals surface area contributed by atoms with Gasteiger partial charge in [-0.3, -0.25) is 4.98 Å². The van der Waals surface area contributed by atoms with E-state index in [0.717, 1.165) is 16.5 Å². The Hall–Kier alpha value is -1.61. The van der Waals surface area contributed by atoms with E-state index in [2.05, 4.69) is 10.1 Å². The van der Waals surface area contributed by atoms with E-state index in [1.165, 1.54) is 6.21 Å². The van der Waals surface area contributed by atoms with Crippen molar-refractivity contribution in [2.24, 2.45) is 10.9 Å². The Morgan fingerprint density at radius 3 is 2.93 bits per heavy atom. The number of nitrogens with zero attached hydrogens (tertiary/aromatic N) is 2. The first-order valence-electron chi connectivity index (χ1n) is 4.09.